The van der Waals surface area contributed by atoms with Gasteiger partial charge in [0.1, 0.15) is 0 Å². The first kappa shape index (κ1) is 14.8. The van der Waals surface area contributed by atoms with Crippen LogP contribution in [0.4, 0.5) is 0 Å². The number of nitrogens with zero attached hydrogens (tertiary/aromatic N) is 2. The Hall–Kier alpha value is -0.120. The van der Waals surface area contributed by atoms with Crippen molar-refractivity contribution < 1.29 is 0 Å². The highest BCUT2D eigenvalue weighted by molar-refractivity contribution is 5.00. The number of hydrogen-bond acceptors (Lipinski definition) is 3. The maximum absolute atomic E-state index is 6.29. The van der Waals surface area contributed by atoms with Gasteiger partial charge in [-0.1, -0.05) is 13.8 Å². The van der Waals surface area contributed by atoms with E-state index in [1.165, 1.54) is 71.1 Å². The van der Waals surface area contributed by atoms with Crippen molar-refractivity contribution in [2.75, 3.05) is 32.7 Å². The van der Waals surface area contributed by atoms with Gasteiger partial charge in [-0.05, 0) is 63.5 Å². The molecule has 3 rings (SSSR count). The van der Waals surface area contributed by atoms with Gasteiger partial charge < -0.3 is 5.73 Å². The Morgan fingerprint density at radius 2 is 1.70 bits per heavy atom. The van der Waals surface area contributed by atoms with Crippen molar-refractivity contribution in [1.29, 1.82) is 0 Å². The Bertz CT molecular complexity index is 329. The molecule has 0 aromatic carbocycles. The molecule has 3 heteroatoms. The smallest absolute Gasteiger partial charge is 0.0332 e. The minimum atomic E-state index is 0.314. The molecule has 3 aliphatic rings. The molecule has 0 amide bonds. The molecule has 3 nitrogen and oxygen atoms in total. The molecule has 0 aromatic rings. The lowest BCUT2D eigenvalue weighted by atomic mass is 9.68. The molecule has 0 bridgehead atoms. The third kappa shape index (κ3) is 2.77. The zero-order valence-corrected chi connectivity index (χ0v) is 13.5. The van der Waals surface area contributed by atoms with E-state index in [0.29, 0.717) is 11.0 Å². The molecule has 0 spiro atoms. The third-order valence-corrected chi connectivity index (χ3v) is 6.39. The fourth-order valence-electron chi connectivity index (χ4n) is 4.68. The summed E-state index contributed by atoms with van der Waals surface area (Å²) >= 11 is 0. The van der Waals surface area contributed by atoms with Gasteiger partial charge in [-0.2, -0.15) is 0 Å². The highest BCUT2D eigenvalue weighted by atomic mass is 15.3. The van der Waals surface area contributed by atoms with Crippen LogP contribution in [0.1, 0.15) is 58.8 Å². The average Bonchev–Trinajstić information content (AvgIpc) is 2.77. The summed E-state index contributed by atoms with van der Waals surface area (Å²) in [7, 11) is 0. The second-order valence-corrected chi connectivity index (χ2v) is 8.22. The Balaban J connectivity index is 1.72. The van der Waals surface area contributed by atoms with Crippen molar-refractivity contribution in [3.8, 4) is 0 Å². The van der Waals surface area contributed by atoms with E-state index in [-0.39, 0.29) is 0 Å². The van der Waals surface area contributed by atoms with Crippen LogP contribution in [-0.2, 0) is 0 Å². The van der Waals surface area contributed by atoms with Gasteiger partial charge >= 0.3 is 0 Å². The van der Waals surface area contributed by atoms with E-state index in [0.717, 1.165) is 12.6 Å². The van der Waals surface area contributed by atoms with Gasteiger partial charge in [0.05, 0.1) is 0 Å². The molecule has 2 saturated heterocycles. The van der Waals surface area contributed by atoms with E-state index in [4.69, 9.17) is 5.73 Å². The van der Waals surface area contributed by atoms with E-state index in [1.54, 1.807) is 0 Å². The fourth-order valence-corrected chi connectivity index (χ4v) is 4.68. The summed E-state index contributed by atoms with van der Waals surface area (Å²) in [5.74, 6) is 0. The molecule has 2 N–H and O–H groups in total. The van der Waals surface area contributed by atoms with Crippen LogP contribution in [0.15, 0.2) is 0 Å². The van der Waals surface area contributed by atoms with Crippen LogP contribution in [0.25, 0.3) is 0 Å². The molecule has 0 radical (unpaired) electrons. The Morgan fingerprint density at radius 1 is 1.00 bits per heavy atom. The van der Waals surface area contributed by atoms with Crippen LogP contribution >= 0.6 is 0 Å². The van der Waals surface area contributed by atoms with Gasteiger partial charge in [0, 0.05) is 31.2 Å². The summed E-state index contributed by atoms with van der Waals surface area (Å²) in [5.41, 5.74) is 7.14. The molecule has 3 fully saturated rings. The maximum atomic E-state index is 6.29. The first-order valence-electron chi connectivity index (χ1n) is 8.74. The van der Waals surface area contributed by atoms with E-state index in [9.17, 15) is 0 Å². The van der Waals surface area contributed by atoms with Gasteiger partial charge in [-0.25, -0.2) is 0 Å². The van der Waals surface area contributed by atoms with Gasteiger partial charge in [0.2, 0.25) is 0 Å². The maximum Gasteiger partial charge on any atom is 0.0332 e. The van der Waals surface area contributed by atoms with E-state index >= 15 is 0 Å². The molecule has 1 atom stereocenters. The van der Waals surface area contributed by atoms with Crippen LogP contribution < -0.4 is 5.73 Å². The molecule has 2 heterocycles. The van der Waals surface area contributed by atoms with E-state index < -0.39 is 0 Å². The Morgan fingerprint density at radius 3 is 2.40 bits per heavy atom. The highest BCUT2D eigenvalue weighted by Crippen LogP contribution is 2.43. The van der Waals surface area contributed by atoms with Crippen LogP contribution in [-0.4, -0.2) is 54.1 Å². The molecule has 0 aromatic heterocycles. The van der Waals surface area contributed by atoms with Crippen LogP contribution in [0.2, 0.25) is 0 Å². The molecule has 1 saturated carbocycles. The number of hydrogen-bond donors (Lipinski definition) is 1. The topological polar surface area (TPSA) is 32.5 Å². The normalized spacial score (nSPS) is 34.6. The van der Waals surface area contributed by atoms with E-state index in [2.05, 4.69) is 23.6 Å². The second-order valence-electron chi connectivity index (χ2n) is 8.22. The standard InChI is InChI=1S/C17H33N3/c1-16(2)6-8-17(14-18,9-7-16)20-12-4-11-19-10-3-5-15(19)13-20/h15H,3-14,18H2,1-2H3. The molecular formula is C17H33N3. The Labute approximate surface area is 124 Å². The van der Waals surface area contributed by atoms with Crippen molar-refractivity contribution in [3.63, 3.8) is 0 Å². The van der Waals surface area contributed by atoms with Gasteiger partial charge in [0.15, 0.2) is 0 Å². The highest BCUT2D eigenvalue weighted by Gasteiger charge is 2.43. The minimum absolute atomic E-state index is 0.314. The lowest BCUT2D eigenvalue weighted by Gasteiger charge is -2.50. The van der Waals surface area contributed by atoms with Crippen molar-refractivity contribution in [3.05, 3.63) is 0 Å². The van der Waals surface area contributed by atoms with Crippen molar-refractivity contribution >= 4 is 0 Å². The summed E-state index contributed by atoms with van der Waals surface area (Å²) in [5, 5.41) is 0. The summed E-state index contributed by atoms with van der Waals surface area (Å²) in [6, 6.07) is 0.816. The molecule has 116 valence electrons. The zero-order valence-electron chi connectivity index (χ0n) is 13.5. The lowest BCUT2D eigenvalue weighted by molar-refractivity contribution is 0.0189. The van der Waals surface area contributed by atoms with Crippen LogP contribution in [0.3, 0.4) is 0 Å². The van der Waals surface area contributed by atoms with Gasteiger partial charge in [-0.15, -0.1) is 0 Å². The largest absolute Gasteiger partial charge is 0.329 e. The van der Waals surface area contributed by atoms with Crippen molar-refractivity contribution in [2.24, 2.45) is 11.1 Å². The second kappa shape index (κ2) is 5.58. The van der Waals surface area contributed by atoms with Crippen molar-refractivity contribution in [1.82, 2.24) is 9.80 Å². The minimum Gasteiger partial charge on any atom is -0.329 e. The molecule has 1 aliphatic carbocycles. The first-order valence-corrected chi connectivity index (χ1v) is 8.74. The van der Waals surface area contributed by atoms with E-state index in [1.807, 2.05) is 0 Å². The monoisotopic (exact) mass is 279 g/mol. The lowest BCUT2D eigenvalue weighted by Crippen LogP contribution is -2.58. The fraction of sp³-hybridized carbons (Fsp3) is 1.00. The Kier molecular flexibility index (Phi) is 4.13. The first-order chi connectivity index (χ1) is 9.55. The predicted octanol–water partition coefficient (Wildman–Crippen LogP) is 2.45. The SMILES string of the molecule is CC1(C)CCC(CN)(N2CCCN3CCCC3C2)CC1. The number of fused-ring (bicyclic) bond motifs is 1. The molecular weight excluding hydrogens is 246 g/mol. The summed E-state index contributed by atoms with van der Waals surface area (Å²) in [4.78, 5) is 5.54. The molecule has 2 aliphatic heterocycles. The van der Waals surface area contributed by atoms with Gasteiger partial charge in [0.25, 0.3) is 0 Å². The van der Waals surface area contributed by atoms with Crippen LogP contribution in [0.5, 0.6) is 0 Å². The number of rotatable bonds is 2. The number of nitrogens with two attached hydrogens (primary N) is 1. The van der Waals surface area contributed by atoms with Crippen LogP contribution in [0, 0.1) is 5.41 Å². The summed E-state index contributed by atoms with van der Waals surface area (Å²) in [6.07, 6.45) is 9.45. The average molecular weight is 279 g/mol. The molecule has 1 unspecified atom stereocenters. The van der Waals surface area contributed by atoms with Crippen molar-refractivity contribution in [2.45, 2.75) is 70.4 Å². The third-order valence-electron chi connectivity index (χ3n) is 6.39. The quantitative estimate of drug-likeness (QED) is 0.843. The zero-order chi connectivity index (χ0) is 14.2. The predicted molar refractivity (Wildman–Crippen MR) is 84.8 cm³/mol. The van der Waals surface area contributed by atoms with Gasteiger partial charge in [-0.3, -0.25) is 9.80 Å². The molecule has 20 heavy (non-hydrogen) atoms. The summed E-state index contributed by atoms with van der Waals surface area (Å²) < 4.78 is 0. The summed E-state index contributed by atoms with van der Waals surface area (Å²) in [6.45, 7) is 10.9.